The highest BCUT2D eigenvalue weighted by atomic mass is 32.2. The van der Waals surface area contributed by atoms with Crippen molar-refractivity contribution in [1.82, 2.24) is 14.9 Å². The van der Waals surface area contributed by atoms with Gasteiger partial charge in [-0.2, -0.15) is 0 Å². The zero-order chi connectivity index (χ0) is 13.5. The molecule has 0 saturated carbocycles. The number of rotatable bonds is 7. The van der Waals surface area contributed by atoms with Crippen molar-refractivity contribution in [2.45, 2.75) is 24.4 Å². The smallest absolute Gasteiger partial charge is 0.210 e. The van der Waals surface area contributed by atoms with Gasteiger partial charge in [-0.05, 0) is 12.8 Å². The van der Waals surface area contributed by atoms with Gasteiger partial charge >= 0.3 is 0 Å². The molecule has 0 fully saturated rings. The van der Waals surface area contributed by atoms with E-state index in [1.807, 2.05) is 30.3 Å². The van der Waals surface area contributed by atoms with Crippen molar-refractivity contribution in [3.63, 3.8) is 0 Å². The summed E-state index contributed by atoms with van der Waals surface area (Å²) in [6.07, 6.45) is 2.91. The van der Waals surface area contributed by atoms with Gasteiger partial charge in [0.2, 0.25) is 5.16 Å². The predicted octanol–water partition coefficient (Wildman–Crippen LogP) is 1.91. The molecule has 19 heavy (non-hydrogen) atoms. The Hall–Kier alpha value is -1.53. The number of thioether (sulfide) groups is 1. The number of hydrogen-bond donors (Lipinski definition) is 2. The lowest BCUT2D eigenvalue weighted by Gasteiger charge is -2.03. The first-order valence-corrected chi connectivity index (χ1v) is 7.31. The van der Waals surface area contributed by atoms with Crippen molar-refractivity contribution >= 4 is 11.8 Å². The number of aliphatic hydroxyl groups excluding tert-OH is 1. The number of nitrogen functional groups attached to an aromatic ring is 1. The third-order valence-corrected chi connectivity index (χ3v) is 3.76. The summed E-state index contributed by atoms with van der Waals surface area (Å²) >= 11 is 1.60. The number of nitrogens with zero attached hydrogens (tertiary/aromatic N) is 3. The zero-order valence-electron chi connectivity index (χ0n) is 10.7. The second-order valence-electron chi connectivity index (χ2n) is 4.17. The summed E-state index contributed by atoms with van der Waals surface area (Å²) in [6.45, 7) is 0.260. The normalized spacial score (nSPS) is 10.8. The van der Waals surface area contributed by atoms with Crippen molar-refractivity contribution in [2.24, 2.45) is 0 Å². The molecule has 0 unspecified atom stereocenters. The van der Waals surface area contributed by atoms with Crippen LogP contribution >= 0.6 is 11.8 Å². The predicted molar refractivity (Wildman–Crippen MR) is 77.3 cm³/mol. The molecule has 1 aromatic heterocycles. The Kier molecular flexibility index (Phi) is 5.23. The van der Waals surface area contributed by atoms with Gasteiger partial charge < -0.3 is 10.9 Å². The lowest BCUT2D eigenvalue weighted by atomic mass is 10.2. The van der Waals surface area contributed by atoms with E-state index in [1.54, 1.807) is 11.8 Å². The van der Waals surface area contributed by atoms with Gasteiger partial charge in [0.05, 0.1) is 0 Å². The Labute approximate surface area is 116 Å². The van der Waals surface area contributed by atoms with E-state index >= 15 is 0 Å². The molecule has 3 N–H and O–H groups in total. The third-order valence-electron chi connectivity index (χ3n) is 2.73. The quantitative estimate of drug-likeness (QED) is 0.459. The first-order valence-electron chi connectivity index (χ1n) is 6.32. The Morgan fingerprint density at radius 3 is 2.63 bits per heavy atom. The molecular formula is C13H18N4OS. The van der Waals surface area contributed by atoms with Crippen molar-refractivity contribution in [3.8, 4) is 11.4 Å². The van der Waals surface area contributed by atoms with Crippen molar-refractivity contribution in [3.05, 3.63) is 30.3 Å². The van der Waals surface area contributed by atoms with E-state index < -0.39 is 0 Å². The average Bonchev–Trinajstić information content (AvgIpc) is 2.81. The minimum Gasteiger partial charge on any atom is -0.396 e. The molecule has 102 valence electrons. The maximum atomic E-state index is 8.70. The van der Waals surface area contributed by atoms with Gasteiger partial charge in [0.1, 0.15) is 0 Å². The van der Waals surface area contributed by atoms with E-state index in [-0.39, 0.29) is 6.61 Å². The van der Waals surface area contributed by atoms with Crippen LogP contribution in [0.5, 0.6) is 0 Å². The van der Waals surface area contributed by atoms with Crippen LogP contribution < -0.4 is 5.84 Å². The molecule has 0 amide bonds. The number of aliphatic hydroxyl groups is 1. The third kappa shape index (κ3) is 3.71. The molecule has 1 heterocycles. The molecular weight excluding hydrogens is 260 g/mol. The van der Waals surface area contributed by atoms with Crippen LogP contribution in [0.15, 0.2) is 35.5 Å². The number of nitrogens with two attached hydrogens (primary N) is 1. The van der Waals surface area contributed by atoms with Crippen LogP contribution in [0.1, 0.15) is 19.3 Å². The Morgan fingerprint density at radius 2 is 1.89 bits per heavy atom. The fraction of sp³-hybridized carbons (Fsp3) is 0.385. The van der Waals surface area contributed by atoms with Gasteiger partial charge in [-0.15, -0.1) is 10.2 Å². The van der Waals surface area contributed by atoms with Gasteiger partial charge in [0, 0.05) is 17.9 Å². The molecule has 0 bridgehead atoms. The molecule has 0 aliphatic carbocycles. The Morgan fingerprint density at radius 1 is 1.11 bits per heavy atom. The molecule has 5 nitrogen and oxygen atoms in total. The highest BCUT2D eigenvalue weighted by Gasteiger charge is 2.11. The van der Waals surface area contributed by atoms with Gasteiger partial charge in [-0.1, -0.05) is 48.5 Å². The summed E-state index contributed by atoms with van der Waals surface area (Å²) < 4.78 is 1.53. The minimum atomic E-state index is 0.260. The SMILES string of the molecule is Nn1c(SCCCCCO)nnc1-c1ccccc1. The van der Waals surface area contributed by atoms with Gasteiger partial charge in [0.25, 0.3) is 0 Å². The van der Waals surface area contributed by atoms with E-state index in [4.69, 9.17) is 10.9 Å². The highest BCUT2D eigenvalue weighted by Crippen LogP contribution is 2.22. The fourth-order valence-electron chi connectivity index (χ4n) is 1.71. The molecule has 2 rings (SSSR count). The molecule has 1 aromatic carbocycles. The van der Waals surface area contributed by atoms with Crippen LogP contribution in [0.3, 0.4) is 0 Å². The molecule has 0 aliphatic rings. The van der Waals surface area contributed by atoms with E-state index in [0.29, 0.717) is 5.82 Å². The van der Waals surface area contributed by atoms with E-state index in [2.05, 4.69) is 10.2 Å². The van der Waals surface area contributed by atoms with Crippen LogP contribution in [0.4, 0.5) is 0 Å². The second-order valence-corrected chi connectivity index (χ2v) is 5.24. The zero-order valence-corrected chi connectivity index (χ0v) is 11.5. The molecule has 0 radical (unpaired) electrons. The topological polar surface area (TPSA) is 77.0 Å². The van der Waals surface area contributed by atoms with Crippen LogP contribution in [0.25, 0.3) is 11.4 Å². The van der Waals surface area contributed by atoms with Gasteiger partial charge in [-0.25, -0.2) is 4.68 Å². The Balaban J connectivity index is 1.95. The first kappa shape index (κ1) is 13.9. The van der Waals surface area contributed by atoms with E-state index in [9.17, 15) is 0 Å². The summed E-state index contributed by atoms with van der Waals surface area (Å²) in [5, 5.41) is 17.7. The van der Waals surface area contributed by atoms with Crippen LogP contribution in [0, 0.1) is 0 Å². The minimum absolute atomic E-state index is 0.260. The molecule has 6 heteroatoms. The van der Waals surface area contributed by atoms with Crippen LogP contribution in [0.2, 0.25) is 0 Å². The van der Waals surface area contributed by atoms with Crippen LogP contribution in [-0.4, -0.2) is 32.3 Å². The second kappa shape index (κ2) is 7.16. The summed E-state index contributed by atoms with van der Waals surface area (Å²) in [7, 11) is 0. The summed E-state index contributed by atoms with van der Waals surface area (Å²) in [4.78, 5) is 0. The monoisotopic (exact) mass is 278 g/mol. The lowest BCUT2D eigenvalue weighted by molar-refractivity contribution is 0.284. The highest BCUT2D eigenvalue weighted by molar-refractivity contribution is 7.99. The van der Waals surface area contributed by atoms with Crippen LogP contribution in [-0.2, 0) is 0 Å². The number of benzene rings is 1. The molecule has 0 aliphatic heterocycles. The maximum absolute atomic E-state index is 8.70. The molecule has 0 atom stereocenters. The van der Waals surface area contributed by atoms with E-state index in [0.717, 1.165) is 35.7 Å². The standard InChI is InChI=1S/C13H18N4OS/c14-17-12(11-7-3-1-4-8-11)15-16-13(17)19-10-6-2-5-9-18/h1,3-4,7-8,18H,2,5-6,9-10,14H2. The van der Waals surface area contributed by atoms with E-state index in [1.165, 1.54) is 4.68 Å². The average molecular weight is 278 g/mol. The Bertz CT molecular complexity index is 501. The molecule has 0 spiro atoms. The lowest BCUT2D eigenvalue weighted by Crippen LogP contribution is -2.11. The number of hydrogen-bond acceptors (Lipinski definition) is 5. The summed E-state index contributed by atoms with van der Waals surface area (Å²) in [5.41, 5.74) is 0.963. The largest absolute Gasteiger partial charge is 0.396 e. The van der Waals surface area contributed by atoms with Crippen molar-refractivity contribution in [2.75, 3.05) is 18.2 Å². The number of aromatic nitrogens is 3. The van der Waals surface area contributed by atoms with Crippen molar-refractivity contribution in [1.29, 1.82) is 0 Å². The summed E-state index contributed by atoms with van der Waals surface area (Å²) in [5.74, 6) is 7.62. The number of unbranched alkanes of at least 4 members (excludes halogenated alkanes) is 2. The van der Waals surface area contributed by atoms with Gasteiger partial charge in [0.15, 0.2) is 5.82 Å². The molecule has 0 saturated heterocycles. The maximum Gasteiger partial charge on any atom is 0.210 e. The van der Waals surface area contributed by atoms with Gasteiger partial charge in [-0.3, -0.25) is 0 Å². The summed E-state index contributed by atoms with van der Waals surface area (Å²) in [6, 6.07) is 9.78. The molecule has 2 aromatic rings. The fourth-order valence-corrected chi connectivity index (χ4v) is 2.57. The first-order chi connectivity index (χ1) is 9.33. The van der Waals surface area contributed by atoms with Crippen molar-refractivity contribution < 1.29 is 5.11 Å².